The van der Waals surface area contributed by atoms with Crippen LogP contribution in [0.1, 0.15) is 11.1 Å². The molecule has 0 unspecified atom stereocenters. The predicted molar refractivity (Wildman–Crippen MR) is 93.6 cm³/mol. The zero-order valence-corrected chi connectivity index (χ0v) is 13.2. The minimum absolute atomic E-state index is 0.0207. The zero-order chi connectivity index (χ0) is 17.1. The smallest absolute Gasteiger partial charge is 0.272 e. The van der Waals surface area contributed by atoms with E-state index in [1.807, 2.05) is 30.3 Å². The molecule has 0 aliphatic rings. The summed E-state index contributed by atoms with van der Waals surface area (Å²) in [5.74, 6) is 0.0207. The van der Waals surface area contributed by atoms with Crippen molar-refractivity contribution in [2.24, 2.45) is 0 Å². The van der Waals surface area contributed by atoms with Crippen LogP contribution in [0.4, 0.5) is 0 Å². The fraction of sp³-hybridized carbons (Fsp3) is 0. The first-order valence-electron chi connectivity index (χ1n) is 7.12. The number of phenolic OH excluding ortho intramolecular Hbond substituents is 1. The Balaban J connectivity index is 2.15. The van der Waals surface area contributed by atoms with E-state index >= 15 is 0 Å². The van der Waals surface area contributed by atoms with Crippen LogP contribution in [-0.2, 0) is 0 Å². The lowest BCUT2D eigenvalue weighted by Gasteiger charge is -1.98. The van der Waals surface area contributed by atoms with Crippen molar-refractivity contribution in [3.63, 3.8) is 0 Å². The molecule has 3 N–H and O–H groups in total. The summed E-state index contributed by atoms with van der Waals surface area (Å²) in [6, 6.07) is 13.6. The minimum Gasteiger partial charge on any atom is -0.508 e. The molecule has 0 fully saturated rings. The number of hydrogen-bond acceptors (Lipinski definition) is 3. The lowest BCUT2D eigenvalue weighted by molar-refractivity contribution is 0.475. The Labute approximate surface area is 141 Å². The predicted octanol–water partition coefficient (Wildman–Crippen LogP) is 1.08. The molecular formula is C18H13ClN2O3. The van der Waals surface area contributed by atoms with Gasteiger partial charge in [-0.3, -0.25) is 9.59 Å². The van der Waals surface area contributed by atoms with Gasteiger partial charge in [-0.2, -0.15) is 0 Å². The van der Waals surface area contributed by atoms with Gasteiger partial charge < -0.3 is 15.1 Å². The minimum atomic E-state index is -0.444. The summed E-state index contributed by atoms with van der Waals surface area (Å²) < 4.78 is 0. The molecule has 6 heteroatoms. The zero-order valence-electron chi connectivity index (χ0n) is 12.4. The highest BCUT2D eigenvalue weighted by Gasteiger charge is 2.01. The number of aromatic amines is 2. The Morgan fingerprint density at radius 3 is 2.12 bits per heavy atom. The second-order valence-electron chi connectivity index (χ2n) is 5.14. The van der Waals surface area contributed by atoms with Crippen molar-refractivity contribution < 1.29 is 5.11 Å². The van der Waals surface area contributed by atoms with Crippen molar-refractivity contribution in [3.05, 3.63) is 96.1 Å². The van der Waals surface area contributed by atoms with E-state index in [0.717, 1.165) is 5.56 Å². The number of aromatic nitrogens is 2. The summed E-state index contributed by atoms with van der Waals surface area (Å²) in [4.78, 5) is 29.5. The number of rotatable bonds is 2. The standard InChI is InChI=1S/C18H13ClN2O3/c19-14-10-13(22)7-6-12(14)9-16-18(24)20-15(17(23)21-16)8-11-4-2-1-3-5-11/h1-10,22H,(H,20,24)(H,21,23). The van der Waals surface area contributed by atoms with Crippen molar-refractivity contribution in [2.45, 2.75) is 0 Å². The van der Waals surface area contributed by atoms with Crippen LogP contribution < -0.4 is 21.8 Å². The van der Waals surface area contributed by atoms with Gasteiger partial charge in [0.2, 0.25) is 0 Å². The van der Waals surface area contributed by atoms with Crippen LogP contribution in [0.15, 0.2) is 58.1 Å². The van der Waals surface area contributed by atoms with Crippen LogP contribution >= 0.6 is 11.6 Å². The van der Waals surface area contributed by atoms with Crippen LogP contribution in [0, 0.1) is 0 Å². The van der Waals surface area contributed by atoms with Gasteiger partial charge >= 0.3 is 0 Å². The normalized spacial score (nSPS) is 12.5. The number of phenols is 1. The summed E-state index contributed by atoms with van der Waals surface area (Å²) in [6.45, 7) is 0. The molecule has 1 heterocycles. The van der Waals surface area contributed by atoms with E-state index in [4.69, 9.17) is 11.6 Å². The highest BCUT2D eigenvalue weighted by atomic mass is 35.5. The average Bonchev–Trinajstić information content (AvgIpc) is 2.55. The van der Waals surface area contributed by atoms with E-state index < -0.39 is 11.1 Å². The van der Waals surface area contributed by atoms with Gasteiger partial charge in [0.25, 0.3) is 11.1 Å². The molecule has 0 spiro atoms. The van der Waals surface area contributed by atoms with Crippen LogP contribution in [0.5, 0.6) is 5.75 Å². The Kier molecular flexibility index (Phi) is 4.35. The fourth-order valence-electron chi connectivity index (χ4n) is 2.20. The Morgan fingerprint density at radius 2 is 1.50 bits per heavy atom. The van der Waals surface area contributed by atoms with E-state index in [0.29, 0.717) is 5.56 Å². The van der Waals surface area contributed by atoms with Gasteiger partial charge in [0.05, 0.1) is 5.02 Å². The number of H-pyrrole nitrogens is 2. The molecule has 0 bridgehead atoms. The molecule has 24 heavy (non-hydrogen) atoms. The Morgan fingerprint density at radius 1 is 0.875 bits per heavy atom. The van der Waals surface area contributed by atoms with E-state index in [-0.39, 0.29) is 21.5 Å². The van der Waals surface area contributed by atoms with Crippen molar-refractivity contribution in [3.8, 4) is 5.75 Å². The third-order valence-electron chi connectivity index (χ3n) is 3.38. The maximum Gasteiger partial charge on any atom is 0.272 e. The maximum atomic E-state index is 12.2. The van der Waals surface area contributed by atoms with Gasteiger partial charge in [0, 0.05) is 0 Å². The lowest BCUT2D eigenvalue weighted by Crippen LogP contribution is -2.46. The molecule has 0 saturated carbocycles. The summed E-state index contributed by atoms with van der Waals surface area (Å²) in [5, 5.41) is 9.87. The topological polar surface area (TPSA) is 85.9 Å². The third kappa shape index (κ3) is 3.47. The molecule has 0 amide bonds. The first-order valence-corrected chi connectivity index (χ1v) is 7.50. The Bertz CT molecular complexity index is 1120. The van der Waals surface area contributed by atoms with E-state index in [2.05, 4.69) is 9.97 Å². The first-order chi connectivity index (χ1) is 11.5. The number of nitrogens with one attached hydrogen (secondary N) is 2. The highest BCUT2D eigenvalue weighted by Crippen LogP contribution is 2.21. The Hall–Kier alpha value is -3.05. The molecule has 0 atom stereocenters. The van der Waals surface area contributed by atoms with Crippen LogP contribution in [0.25, 0.3) is 12.2 Å². The van der Waals surface area contributed by atoms with Gasteiger partial charge in [-0.15, -0.1) is 0 Å². The number of benzene rings is 2. The second-order valence-corrected chi connectivity index (χ2v) is 5.55. The summed E-state index contributed by atoms with van der Waals surface area (Å²) in [6.07, 6.45) is 3.05. The van der Waals surface area contributed by atoms with Gasteiger partial charge in [-0.05, 0) is 41.5 Å². The average molecular weight is 341 g/mol. The third-order valence-corrected chi connectivity index (χ3v) is 3.71. The monoisotopic (exact) mass is 340 g/mol. The first kappa shape index (κ1) is 15.8. The quantitative estimate of drug-likeness (QED) is 0.652. The van der Waals surface area contributed by atoms with Crippen LogP contribution in [0.3, 0.4) is 0 Å². The van der Waals surface area contributed by atoms with Crippen molar-refractivity contribution in [1.29, 1.82) is 0 Å². The highest BCUT2D eigenvalue weighted by molar-refractivity contribution is 6.32. The molecule has 0 radical (unpaired) electrons. The molecule has 0 saturated heterocycles. The molecular weight excluding hydrogens is 328 g/mol. The maximum absolute atomic E-state index is 12.2. The molecule has 5 nitrogen and oxygen atoms in total. The second kappa shape index (κ2) is 6.60. The molecule has 3 rings (SSSR count). The molecule has 1 aromatic heterocycles. The van der Waals surface area contributed by atoms with Gasteiger partial charge in [-0.25, -0.2) is 0 Å². The molecule has 2 aromatic carbocycles. The van der Waals surface area contributed by atoms with Crippen LogP contribution in [0.2, 0.25) is 5.02 Å². The largest absolute Gasteiger partial charge is 0.508 e. The molecule has 3 aromatic rings. The number of hydrogen-bond donors (Lipinski definition) is 3. The van der Waals surface area contributed by atoms with Crippen LogP contribution in [-0.4, -0.2) is 15.1 Å². The van der Waals surface area contributed by atoms with Gasteiger partial charge in [0.15, 0.2) is 0 Å². The van der Waals surface area contributed by atoms with E-state index in [1.165, 1.54) is 18.2 Å². The van der Waals surface area contributed by atoms with Gasteiger partial charge in [0.1, 0.15) is 16.4 Å². The molecule has 0 aliphatic carbocycles. The number of aromatic hydroxyl groups is 1. The van der Waals surface area contributed by atoms with E-state index in [1.54, 1.807) is 12.1 Å². The van der Waals surface area contributed by atoms with E-state index in [9.17, 15) is 14.7 Å². The summed E-state index contributed by atoms with van der Waals surface area (Å²) >= 11 is 6.01. The number of halogens is 1. The fourth-order valence-corrected chi connectivity index (χ4v) is 2.43. The summed E-state index contributed by atoms with van der Waals surface area (Å²) in [5.41, 5.74) is 0.452. The lowest BCUT2D eigenvalue weighted by atomic mass is 10.2. The SMILES string of the molecule is O=c1[nH]c(=Cc2ccc(O)cc2Cl)c(=O)[nH]c1=Cc1ccccc1. The molecule has 0 aliphatic heterocycles. The van der Waals surface area contributed by atoms with Crippen molar-refractivity contribution >= 4 is 23.8 Å². The van der Waals surface area contributed by atoms with Crippen molar-refractivity contribution in [2.75, 3.05) is 0 Å². The molecule has 120 valence electrons. The van der Waals surface area contributed by atoms with Gasteiger partial charge in [-0.1, -0.05) is 41.9 Å². The van der Waals surface area contributed by atoms with Crippen molar-refractivity contribution in [1.82, 2.24) is 9.97 Å². The summed E-state index contributed by atoms with van der Waals surface area (Å²) in [7, 11) is 0.